The van der Waals surface area contributed by atoms with Gasteiger partial charge in [0.05, 0.1) is 24.2 Å². The first-order valence-corrected chi connectivity index (χ1v) is 16.3. The van der Waals surface area contributed by atoms with Gasteiger partial charge in [-0.15, -0.1) is 0 Å². The van der Waals surface area contributed by atoms with Gasteiger partial charge in [-0.3, -0.25) is 4.79 Å². The zero-order valence-corrected chi connectivity index (χ0v) is 24.4. The highest BCUT2D eigenvalue weighted by atomic mass is 35.5. The third-order valence-electron chi connectivity index (χ3n) is 9.79. The number of carbonyl (C=O) groups is 1. The van der Waals surface area contributed by atoms with Crippen molar-refractivity contribution in [1.29, 1.82) is 0 Å². The van der Waals surface area contributed by atoms with Crippen molar-refractivity contribution in [2.75, 3.05) is 30.3 Å². The monoisotopic (exact) mass is 584 g/mol. The van der Waals surface area contributed by atoms with E-state index in [9.17, 15) is 18.3 Å². The van der Waals surface area contributed by atoms with E-state index in [4.69, 9.17) is 16.3 Å². The maximum absolute atomic E-state index is 13.1. The predicted molar refractivity (Wildman–Crippen MR) is 157 cm³/mol. The van der Waals surface area contributed by atoms with Gasteiger partial charge in [0.1, 0.15) is 5.75 Å². The number of fused-ring (bicyclic) bond motifs is 4. The number of aryl methyl sites for hydroxylation is 1. The van der Waals surface area contributed by atoms with Crippen molar-refractivity contribution >= 4 is 33.2 Å². The topological polar surface area (TPSA) is 95.9 Å². The highest BCUT2D eigenvalue weighted by Gasteiger charge is 2.49. The second kappa shape index (κ2) is 10.4. The summed E-state index contributed by atoms with van der Waals surface area (Å²) in [6.45, 7) is 4.07. The largest absolute Gasteiger partial charge is 0.490 e. The molecule has 9 heteroatoms. The number of anilines is 1. The van der Waals surface area contributed by atoms with Crippen LogP contribution in [-0.4, -0.2) is 51.0 Å². The number of amides is 1. The van der Waals surface area contributed by atoms with Gasteiger partial charge >= 0.3 is 0 Å². The van der Waals surface area contributed by atoms with Crippen LogP contribution in [0.1, 0.15) is 66.9 Å². The van der Waals surface area contributed by atoms with Gasteiger partial charge in [-0.25, -0.2) is 13.1 Å². The van der Waals surface area contributed by atoms with Gasteiger partial charge in [0.2, 0.25) is 10.0 Å². The molecule has 6 rings (SSSR count). The molecule has 1 amide bonds. The molecular formula is C31H37ClN2O5S. The quantitative estimate of drug-likeness (QED) is 0.423. The summed E-state index contributed by atoms with van der Waals surface area (Å²) in [7, 11) is -3.81. The number of sulfonamides is 1. The van der Waals surface area contributed by atoms with E-state index in [1.807, 2.05) is 12.1 Å². The van der Waals surface area contributed by atoms with Gasteiger partial charge in [0.25, 0.3) is 5.91 Å². The Balaban J connectivity index is 1.43. The fourth-order valence-electron chi connectivity index (χ4n) is 7.15. The number of benzene rings is 2. The van der Waals surface area contributed by atoms with E-state index in [1.54, 1.807) is 24.3 Å². The Labute approximate surface area is 241 Å². The number of aliphatic hydroxyl groups excluding tert-OH is 1. The molecule has 2 aliphatic carbocycles. The molecule has 2 aromatic rings. The number of hydrogen-bond donors (Lipinski definition) is 2. The third kappa shape index (κ3) is 5.03. The van der Waals surface area contributed by atoms with Crippen molar-refractivity contribution in [2.24, 2.45) is 11.3 Å². The van der Waals surface area contributed by atoms with E-state index in [-0.39, 0.29) is 34.5 Å². The molecule has 40 heavy (non-hydrogen) atoms. The Kier molecular flexibility index (Phi) is 7.16. The normalized spacial score (nSPS) is 32.5. The minimum Gasteiger partial charge on any atom is -0.490 e. The lowest BCUT2D eigenvalue weighted by Gasteiger charge is -2.52. The molecule has 0 saturated heterocycles. The first-order valence-electron chi connectivity index (χ1n) is 14.3. The summed E-state index contributed by atoms with van der Waals surface area (Å²) in [5, 5.41) is 12.0. The highest BCUT2D eigenvalue weighted by molar-refractivity contribution is 7.90. The summed E-state index contributed by atoms with van der Waals surface area (Å²) in [5.74, 6) is 0.109. The lowest BCUT2D eigenvalue weighted by molar-refractivity contribution is -0.0695. The number of halogens is 1. The van der Waals surface area contributed by atoms with E-state index >= 15 is 0 Å². The lowest BCUT2D eigenvalue weighted by Crippen LogP contribution is -2.53. The van der Waals surface area contributed by atoms with E-state index in [0.29, 0.717) is 31.9 Å². The average molecular weight is 585 g/mol. The maximum Gasteiger partial charge on any atom is 0.264 e. The number of nitrogens with one attached hydrogen (secondary N) is 1. The van der Waals surface area contributed by atoms with Gasteiger partial charge < -0.3 is 14.7 Å². The first kappa shape index (κ1) is 27.6. The summed E-state index contributed by atoms with van der Waals surface area (Å²) in [5.41, 5.74) is 3.07. The number of carbonyl (C=O) groups excluding carboxylic acids is 1. The van der Waals surface area contributed by atoms with Crippen LogP contribution in [0.5, 0.6) is 5.75 Å². The summed E-state index contributed by atoms with van der Waals surface area (Å²) in [4.78, 5) is 15.4. The average Bonchev–Trinajstić information content (AvgIpc) is 3.06. The van der Waals surface area contributed by atoms with Crippen molar-refractivity contribution < 1.29 is 23.1 Å². The van der Waals surface area contributed by atoms with Crippen LogP contribution in [0.15, 0.2) is 48.6 Å². The van der Waals surface area contributed by atoms with Crippen molar-refractivity contribution in [3.05, 3.63) is 70.3 Å². The molecular weight excluding hydrogens is 548 g/mol. The smallest absolute Gasteiger partial charge is 0.264 e. The van der Waals surface area contributed by atoms with Gasteiger partial charge in [-0.2, -0.15) is 0 Å². The standard InChI is InChI=1S/C31H37ClN2O5S/c1-30-14-12-23(30)18-34-19-31(13-5-6-21-16-24(32)9-10-25(21)31)20-39-27-11-8-22(17-26(27)34)29(36)33-40(37,38)15-4-2-3-7-28(30)35/h2-3,8-11,16-17,23,28,35H,4-7,12-15,18-20H2,1H3,(H,33,36)/b3-2-/t23-,28-,30+,31+/m1/s1. The van der Waals surface area contributed by atoms with Crippen LogP contribution in [0, 0.1) is 11.3 Å². The molecule has 4 atom stereocenters. The van der Waals surface area contributed by atoms with E-state index in [2.05, 4.69) is 28.7 Å². The minimum atomic E-state index is -3.81. The van der Waals surface area contributed by atoms with E-state index < -0.39 is 22.0 Å². The Morgan fingerprint density at radius 2 is 2.00 bits per heavy atom. The van der Waals surface area contributed by atoms with Crippen LogP contribution in [0.25, 0.3) is 0 Å². The molecule has 0 radical (unpaired) electrons. The van der Waals surface area contributed by atoms with Gasteiger partial charge in [0.15, 0.2) is 0 Å². The molecule has 7 nitrogen and oxygen atoms in total. The van der Waals surface area contributed by atoms with E-state index in [0.717, 1.165) is 42.8 Å². The molecule has 2 heterocycles. The molecule has 2 N–H and O–H groups in total. The summed E-state index contributed by atoms with van der Waals surface area (Å²) in [6.07, 6.45) is 8.80. The van der Waals surface area contributed by atoms with Crippen LogP contribution in [0.3, 0.4) is 0 Å². The lowest BCUT2D eigenvalue weighted by atomic mass is 9.57. The van der Waals surface area contributed by atoms with Crippen molar-refractivity contribution in [3.63, 3.8) is 0 Å². The van der Waals surface area contributed by atoms with Crippen LogP contribution in [-0.2, 0) is 21.9 Å². The Hall–Kier alpha value is -2.55. The van der Waals surface area contributed by atoms with Crippen LogP contribution < -0.4 is 14.4 Å². The third-order valence-corrected chi connectivity index (χ3v) is 11.3. The fourth-order valence-corrected chi connectivity index (χ4v) is 8.29. The second-order valence-corrected chi connectivity index (χ2v) is 14.6. The van der Waals surface area contributed by atoms with Crippen LogP contribution >= 0.6 is 11.6 Å². The molecule has 1 fully saturated rings. The SMILES string of the molecule is C[C@]12CC[C@@H]1CN1C[C@@]3(CCCc4cc(Cl)ccc43)COc3ccc(cc31)C(=O)NS(=O)(=O)CC/C=C\C[C@H]2O. The van der Waals surface area contributed by atoms with Gasteiger partial charge in [-0.05, 0) is 97.7 Å². The molecule has 2 aromatic carbocycles. The van der Waals surface area contributed by atoms with Crippen molar-refractivity contribution in [2.45, 2.75) is 63.4 Å². The molecule has 1 spiro atoms. The maximum atomic E-state index is 13.1. The predicted octanol–water partition coefficient (Wildman–Crippen LogP) is 5.00. The number of allylic oxidation sites excluding steroid dienone is 1. The molecule has 0 unspecified atom stereocenters. The summed E-state index contributed by atoms with van der Waals surface area (Å²) < 4.78 is 34.0. The molecule has 214 valence electrons. The van der Waals surface area contributed by atoms with Crippen molar-refractivity contribution in [3.8, 4) is 5.75 Å². The fraction of sp³-hybridized carbons (Fsp3) is 0.516. The first-order chi connectivity index (χ1) is 19.1. The molecule has 2 aliphatic heterocycles. The summed E-state index contributed by atoms with van der Waals surface area (Å²) >= 11 is 6.38. The number of aliphatic hydroxyl groups is 1. The highest BCUT2D eigenvalue weighted by Crippen LogP contribution is 2.52. The Morgan fingerprint density at radius 1 is 1.15 bits per heavy atom. The van der Waals surface area contributed by atoms with Crippen molar-refractivity contribution in [1.82, 2.24) is 4.72 Å². The van der Waals surface area contributed by atoms with Gasteiger partial charge in [0, 0.05) is 29.1 Å². The summed E-state index contributed by atoms with van der Waals surface area (Å²) in [6, 6.07) is 11.3. The number of nitrogens with zero attached hydrogens (tertiary/aromatic N) is 1. The van der Waals surface area contributed by atoms with Crippen LogP contribution in [0.2, 0.25) is 5.02 Å². The number of ether oxygens (including phenoxy) is 1. The molecule has 2 bridgehead atoms. The number of hydrogen-bond acceptors (Lipinski definition) is 6. The molecule has 1 saturated carbocycles. The zero-order chi connectivity index (χ0) is 28.1. The number of rotatable bonds is 0. The molecule has 0 aromatic heterocycles. The van der Waals surface area contributed by atoms with E-state index in [1.165, 1.54) is 11.1 Å². The molecule has 4 aliphatic rings. The second-order valence-electron chi connectivity index (χ2n) is 12.3. The van der Waals surface area contributed by atoms with Crippen LogP contribution in [0.4, 0.5) is 5.69 Å². The Morgan fingerprint density at radius 3 is 2.80 bits per heavy atom. The minimum absolute atomic E-state index is 0.197. The Bertz CT molecular complexity index is 1460. The van der Waals surface area contributed by atoms with Gasteiger partial charge in [-0.1, -0.05) is 36.7 Å². The zero-order valence-electron chi connectivity index (χ0n) is 22.9.